The maximum Gasteiger partial charge on any atom is 0.254 e. The van der Waals surface area contributed by atoms with Crippen LogP contribution in [0.5, 0.6) is 0 Å². The van der Waals surface area contributed by atoms with E-state index in [0.717, 1.165) is 5.01 Å². The average Bonchev–Trinajstić information content (AvgIpc) is 3.38. The average molecular weight is 371 g/mol. The topological polar surface area (TPSA) is 84.1 Å². The van der Waals surface area contributed by atoms with Gasteiger partial charge in [-0.2, -0.15) is 0 Å². The molecule has 1 aromatic carbocycles. The van der Waals surface area contributed by atoms with Crippen molar-refractivity contribution in [3.63, 3.8) is 0 Å². The molecule has 0 bridgehead atoms. The molecule has 0 unspecified atom stereocenters. The molecular weight excluding hydrogens is 353 g/mol. The maximum atomic E-state index is 13.0. The summed E-state index contributed by atoms with van der Waals surface area (Å²) in [5, 5.41) is 19.6. The largest absolute Gasteiger partial charge is 0.329 e. The van der Waals surface area contributed by atoms with E-state index in [1.54, 1.807) is 21.1 Å². The Morgan fingerprint density at radius 3 is 2.62 bits per heavy atom. The SMILES string of the molecule is N=C1CN(C(=O)c2ccc(F)cc2)CCN1C(=N)c1csc(C2CC2)n1. The first kappa shape index (κ1) is 16.8. The van der Waals surface area contributed by atoms with Gasteiger partial charge >= 0.3 is 0 Å². The van der Waals surface area contributed by atoms with E-state index < -0.39 is 0 Å². The lowest BCUT2D eigenvalue weighted by Gasteiger charge is -2.36. The predicted octanol–water partition coefficient (Wildman–Crippen LogP) is 2.92. The molecule has 8 heteroatoms. The van der Waals surface area contributed by atoms with Gasteiger partial charge in [0, 0.05) is 30.0 Å². The van der Waals surface area contributed by atoms with Gasteiger partial charge < -0.3 is 9.80 Å². The number of thiazole rings is 1. The molecule has 1 saturated heterocycles. The minimum absolute atomic E-state index is 0.123. The van der Waals surface area contributed by atoms with E-state index >= 15 is 0 Å². The molecule has 2 aromatic rings. The van der Waals surface area contributed by atoms with E-state index in [4.69, 9.17) is 10.8 Å². The van der Waals surface area contributed by atoms with Crippen LogP contribution in [0, 0.1) is 16.6 Å². The smallest absolute Gasteiger partial charge is 0.254 e. The number of hydrogen-bond acceptors (Lipinski definition) is 5. The van der Waals surface area contributed by atoms with Crippen LogP contribution in [0.1, 0.15) is 39.8 Å². The first-order valence-corrected chi connectivity index (χ1v) is 9.35. The number of benzene rings is 1. The first-order chi connectivity index (χ1) is 12.5. The van der Waals surface area contributed by atoms with Crippen LogP contribution in [0.3, 0.4) is 0 Å². The number of piperazine rings is 1. The van der Waals surface area contributed by atoms with Gasteiger partial charge in [0.1, 0.15) is 17.3 Å². The molecule has 0 radical (unpaired) electrons. The van der Waals surface area contributed by atoms with Crippen molar-refractivity contribution in [1.29, 1.82) is 10.8 Å². The third kappa shape index (κ3) is 3.24. The summed E-state index contributed by atoms with van der Waals surface area (Å²) in [6, 6.07) is 5.41. The Morgan fingerprint density at radius 2 is 1.96 bits per heavy atom. The zero-order valence-corrected chi connectivity index (χ0v) is 14.9. The van der Waals surface area contributed by atoms with E-state index in [-0.39, 0.29) is 29.9 Å². The molecule has 2 aliphatic rings. The van der Waals surface area contributed by atoms with Gasteiger partial charge in [0.05, 0.1) is 11.6 Å². The number of nitrogens with one attached hydrogen (secondary N) is 2. The summed E-state index contributed by atoms with van der Waals surface area (Å²) in [7, 11) is 0. The highest BCUT2D eigenvalue weighted by molar-refractivity contribution is 7.10. The number of carbonyl (C=O) groups excluding carboxylic acids is 1. The van der Waals surface area contributed by atoms with Crippen LogP contribution >= 0.6 is 11.3 Å². The highest BCUT2D eigenvalue weighted by atomic mass is 32.1. The quantitative estimate of drug-likeness (QED) is 0.643. The summed E-state index contributed by atoms with van der Waals surface area (Å²) in [6.45, 7) is 0.902. The fourth-order valence-corrected chi connectivity index (χ4v) is 3.92. The zero-order chi connectivity index (χ0) is 18.3. The van der Waals surface area contributed by atoms with Crippen LogP contribution in [0.15, 0.2) is 29.6 Å². The fourth-order valence-electron chi connectivity index (χ4n) is 2.95. The van der Waals surface area contributed by atoms with Gasteiger partial charge in [0.15, 0.2) is 5.84 Å². The highest BCUT2D eigenvalue weighted by Crippen LogP contribution is 2.41. The van der Waals surface area contributed by atoms with Crippen molar-refractivity contribution >= 4 is 28.9 Å². The number of carbonyl (C=O) groups is 1. The molecule has 1 aliphatic carbocycles. The van der Waals surface area contributed by atoms with Gasteiger partial charge in [-0.1, -0.05) is 0 Å². The van der Waals surface area contributed by atoms with Gasteiger partial charge in [0.25, 0.3) is 5.91 Å². The molecule has 0 atom stereocenters. The molecule has 2 fully saturated rings. The molecule has 0 spiro atoms. The van der Waals surface area contributed by atoms with Gasteiger partial charge in [-0.3, -0.25) is 15.6 Å². The molecule has 4 rings (SSSR count). The van der Waals surface area contributed by atoms with Gasteiger partial charge in [-0.05, 0) is 37.1 Å². The standard InChI is InChI=1S/C18H18FN5OS/c19-13-5-3-12(4-6-13)18(25)23-7-8-24(15(20)9-23)16(21)14-10-26-17(22-14)11-1-2-11/h3-6,10-11,20-21H,1-2,7-9H2. The van der Waals surface area contributed by atoms with E-state index in [0.29, 0.717) is 30.3 Å². The number of amidine groups is 2. The minimum atomic E-state index is -0.388. The third-order valence-corrected chi connectivity index (χ3v) is 5.61. The number of nitrogens with zero attached hydrogens (tertiary/aromatic N) is 3. The zero-order valence-electron chi connectivity index (χ0n) is 14.0. The lowest BCUT2D eigenvalue weighted by Crippen LogP contribution is -2.54. The Hall–Kier alpha value is -2.61. The summed E-state index contributed by atoms with van der Waals surface area (Å²) in [6.07, 6.45) is 2.33. The van der Waals surface area contributed by atoms with E-state index in [1.807, 2.05) is 5.38 Å². The molecule has 6 nitrogen and oxygen atoms in total. The molecule has 1 amide bonds. The Bertz CT molecular complexity index is 874. The molecule has 1 aromatic heterocycles. The molecule has 2 heterocycles. The van der Waals surface area contributed by atoms with Crippen molar-refractivity contribution in [2.45, 2.75) is 18.8 Å². The van der Waals surface area contributed by atoms with Gasteiger partial charge in [0.2, 0.25) is 0 Å². The number of rotatable bonds is 3. The molecule has 26 heavy (non-hydrogen) atoms. The van der Waals surface area contributed by atoms with Crippen LogP contribution in [-0.2, 0) is 0 Å². The Balaban J connectivity index is 1.42. The number of hydrogen-bond donors (Lipinski definition) is 2. The number of amides is 1. The van der Waals surface area contributed by atoms with Crippen LogP contribution in [0.2, 0.25) is 0 Å². The Labute approximate surface area is 154 Å². The van der Waals surface area contributed by atoms with E-state index in [2.05, 4.69) is 4.98 Å². The summed E-state index contributed by atoms with van der Waals surface area (Å²) >= 11 is 1.57. The second kappa shape index (κ2) is 6.60. The van der Waals surface area contributed by atoms with Crippen LogP contribution < -0.4 is 0 Å². The Kier molecular flexibility index (Phi) is 4.28. The third-order valence-electron chi connectivity index (χ3n) is 4.60. The summed E-state index contributed by atoms with van der Waals surface area (Å²) in [4.78, 5) is 20.2. The van der Waals surface area contributed by atoms with Crippen molar-refractivity contribution in [3.05, 3.63) is 51.7 Å². The van der Waals surface area contributed by atoms with Crippen molar-refractivity contribution < 1.29 is 9.18 Å². The predicted molar refractivity (Wildman–Crippen MR) is 97.7 cm³/mol. The van der Waals surface area contributed by atoms with E-state index in [9.17, 15) is 9.18 Å². The second-order valence-electron chi connectivity index (χ2n) is 6.53. The van der Waals surface area contributed by atoms with Gasteiger partial charge in [-0.15, -0.1) is 11.3 Å². The highest BCUT2D eigenvalue weighted by Gasteiger charge is 2.31. The second-order valence-corrected chi connectivity index (χ2v) is 7.42. The summed E-state index contributed by atoms with van der Waals surface area (Å²) in [5.74, 6) is 0.336. The van der Waals surface area contributed by atoms with Crippen molar-refractivity contribution in [3.8, 4) is 0 Å². The van der Waals surface area contributed by atoms with Crippen LogP contribution in [0.4, 0.5) is 4.39 Å². The van der Waals surface area contributed by atoms with Crippen molar-refractivity contribution in [2.24, 2.45) is 0 Å². The first-order valence-electron chi connectivity index (χ1n) is 8.47. The fraction of sp³-hybridized carbons (Fsp3) is 0.333. The maximum absolute atomic E-state index is 13.0. The van der Waals surface area contributed by atoms with E-state index in [1.165, 1.54) is 37.1 Å². The molecular formula is C18H18FN5OS. The molecule has 2 N–H and O–H groups in total. The monoisotopic (exact) mass is 371 g/mol. The normalized spacial score (nSPS) is 17.5. The lowest BCUT2D eigenvalue weighted by atomic mass is 10.1. The molecule has 1 aliphatic heterocycles. The van der Waals surface area contributed by atoms with Crippen molar-refractivity contribution in [1.82, 2.24) is 14.8 Å². The van der Waals surface area contributed by atoms with Crippen LogP contribution in [0.25, 0.3) is 0 Å². The number of halogens is 1. The van der Waals surface area contributed by atoms with Crippen LogP contribution in [-0.4, -0.2) is 52.0 Å². The van der Waals surface area contributed by atoms with Crippen molar-refractivity contribution in [2.75, 3.05) is 19.6 Å². The lowest BCUT2D eigenvalue weighted by molar-refractivity contribution is 0.0757. The summed E-state index contributed by atoms with van der Waals surface area (Å²) in [5.41, 5.74) is 0.997. The minimum Gasteiger partial charge on any atom is -0.329 e. The molecule has 134 valence electrons. The number of aromatic nitrogens is 1. The molecule has 1 saturated carbocycles. The Morgan fingerprint density at radius 1 is 1.23 bits per heavy atom. The summed E-state index contributed by atoms with van der Waals surface area (Å²) < 4.78 is 13.0. The van der Waals surface area contributed by atoms with Gasteiger partial charge in [-0.25, -0.2) is 9.37 Å².